The van der Waals surface area contributed by atoms with Crippen LogP contribution in [0.25, 0.3) is 6.08 Å². The van der Waals surface area contributed by atoms with E-state index < -0.39 is 0 Å². The van der Waals surface area contributed by atoms with Gasteiger partial charge in [0.1, 0.15) is 0 Å². The molecule has 70 valence electrons. The lowest BCUT2D eigenvalue weighted by Gasteiger charge is -2.05. The normalized spacial score (nSPS) is 11.0. The first kappa shape index (κ1) is 10.0. The maximum Gasteiger partial charge on any atom is -0.0225 e. The molecule has 0 heteroatoms. The summed E-state index contributed by atoms with van der Waals surface area (Å²) in [5.74, 6) is 0. The Morgan fingerprint density at radius 3 is 2.69 bits per heavy atom. The highest BCUT2D eigenvalue weighted by Crippen LogP contribution is 2.15. The molecule has 0 unspecified atom stereocenters. The van der Waals surface area contributed by atoms with Crippen LogP contribution >= 0.6 is 0 Å². The molecule has 0 aliphatic heterocycles. The fraction of sp³-hybridized carbons (Fsp3) is 0.385. The third-order valence-electron chi connectivity index (χ3n) is 2.17. The Morgan fingerprint density at radius 2 is 2.08 bits per heavy atom. The van der Waals surface area contributed by atoms with Gasteiger partial charge in [0, 0.05) is 0 Å². The topological polar surface area (TPSA) is 0 Å². The van der Waals surface area contributed by atoms with Crippen LogP contribution in [0, 0.1) is 6.92 Å². The van der Waals surface area contributed by atoms with Gasteiger partial charge in [0.2, 0.25) is 0 Å². The molecule has 13 heavy (non-hydrogen) atoms. The number of hydrogen-bond acceptors (Lipinski definition) is 0. The second-order valence-electron chi connectivity index (χ2n) is 3.45. The summed E-state index contributed by atoms with van der Waals surface area (Å²) < 4.78 is 0. The minimum atomic E-state index is 1.18. The molecule has 0 heterocycles. The van der Waals surface area contributed by atoms with E-state index >= 15 is 0 Å². The molecule has 0 saturated carbocycles. The zero-order valence-corrected chi connectivity index (χ0v) is 8.80. The van der Waals surface area contributed by atoms with Crippen LogP contribution < -0.4 is 0 Å². The Kier molecular flexibility index (Phi) is 3.75. The van der Waals surface area contributed by atoms with Crippen molar-refractivity contribution in [1.29, 1.82) is 0 Å². The van der Waals surface area contributed by atoms with E-state index in [1.165, 1.54) is 29.5 Å². The Balaban J connectivity index is 3.03. The molecule has 0 radical (unpaired) electrons. The fourth-order valence-corrected chi connectivity index (χ4v) is 1.55. The molecule has 0 nitrogen and oxygen atoms in total. The summed E-state index contributed by atoms with van der Waals surface area (Å²) in [5, 5.41) is 0. The molecule has 0 fully saturated rings. The van der Waals surface area contributed by atoms with Gasteiger partial charge in [0.15, 0.2) is 0 Å². The summed E-state index contributed by atoms with van der Waals surface area (Å²) in [6.07, 6.45) is 6.69. The lowest BCUT2D eigenvalue weighted by Crippen LogP contribution is -1.89. The SMILES string of the molecule is C/C=C\c1cc(C)ccc1CCC. The lowest BCUT2D eigenvalue weighted by molar-refractivity contribution is 0.919. The maximum atomic E-state index is 2.25. The summed E-state index contributed by atoms with van der Waals surface area (Å²) in [6.45, 7) is 6.43. The zero-order valence-electron chi connectivity index (χ0n) is 8.80. The van der Waals surface area contributed by atoms with Gasteiger partial charge in [-0.05, 0) is 31.4 Å². The molecule has 0 spiro atoms. The minimum absolute atomic E-state index is 1.18. The van der Waals surface area contributed by atoms with Gasteiger partial charge >= 0.3 is 0 Å². The highest BCUT2D eigenvalue weighted by Gasteiger charge is 1.97. The molecule has 0 bridgehead atoms. The van der Waals surface area contributed by atoms with Crippen molar-refractivity contribution < 1.29 is 0 Å². The van der Waals surface area contributed by atoms with E-state index in [1.54, 1.807) is 0 Å². The number of allylic oxidation sites excluding steroid dienone is 1. The number of aryl methyl sites for hydroxylation is 2. The third-order valence-corrected chi connectivity index (χ3v) is 2.17. The molecule has 0 amide bonds. The van der Waals surface area contributed by atoms with Crippen molar-refractivity contribution >= 4 is 6.08 Å². The van der Waals surface area contributed by atoms with E-state index in [-0.39, 0.29) is 0 Å². The highest BCUT2D eigenvalue weighted by atomic mass is 14.0. The largest absolute Gasteiger partial charge is 0.0871 e. The van der Waals surface area contributed by atoms with Gasteiger partial charge in [-0.3, -0.25) is 0 Å². The van der Waals surface area contributed by atoms with E-state index in [9.17, 15) is 0 Å². The van der Waals surface area contributed by atoms with Crippen molar-refractivity contribution in [3.8, 4) is 0 Å². The summed E-state index contributed by atoms with van der Waals surface area (Å²) >= 11 is 0. The Labute approximate surface area is 81.3 Å². The number of benzene rings is 1. The first-order valence-corrected chi connectivity index (χ1v) is 5.00. The molecule has 1 rings (SSSR count). The van der Waals surface area contributed by atoms with E-state index in [1.807, 2.05) is 0 Å². The fourth-order valence-electron chi connectivity index (χ4n) is 1.55. The molecule has 0 N–H and O–H groups in total. The molecule has 0 saturated heterocycles. The van der Waals surface area contributed by atoms with E-state index in [0.29, 0.717) is 0 Å². The molecular formula is C13H18. The van der Waals surface area contributed by atoms with Crippen LogP contribution in [0.5, 0.6) is 0 Å². The van der Waals surface area contributed by atoms with E-state index in [2.05, 4.69) is 51.1 Å². The summed E-state index contributed by atoms with van der Waals surface area (Å²) in [4.78, 5) is 0. The van der Waals surface area contributed by atoms with E-state index in [0.717, 1.165) is 0 Å². The first-order valence-electron chi connectivity index (χ1n) is 5.00. The smallest absolute Gasteiger partial charge is 0.0225 e. The van der Waals surface area contributed by atoms with Crippen molar-refractivity contribution in [2.24, 2.45) is 0 Å². The second kappa shape index (κ2) is 4.86. The molecule has 0 aliphatic rings. The average Bonchev–Trinajstić information content (AvgIpc) is 2.10. The van der Waals surface area contributed by atoms with Crippen LogP contribution in [0.1, 0.15) is 37.0 Å². The average molecular weight is 174 g/mol. The van der Waals surface area contributed by atoms with Crippen LogP contribution in [-0.2, 0) is 6.42 Å². The standard InChI is InChI=1S/C13H18/c1-4-6-12-9-8-11(3)10-13(12)7-5-2/h5,7-10H,4,6H2,1-3H3/b7-5-. The van der Waals surface area contributed by atoms with Crippen molar-refractivity contribution in [2.75, 3.05) is 0 Å². The summed E-state index contributed by atoms with van der Waals surface area (Å²) in [5.41, 5.74) is 4.18. The summed E-state index contributed by atoms with van der Waals surface area (Å²) in [7, 11) is 0. The molecule has 1 aromatic carbocycles. The second-order valence-corrected chi connectivity index (χ2v) is 3.45. The lowest BCUT2D eigenvalue weighted by atomic mass is 10.0. The van der Waals surface area contributed by atoms with Crippen LogP contribution in [0.2, 0.25) is 0 Å². The molecule has 0 atom stereocenters. The van der Waals surface area contributed by atoms with Crippen molar-refractivity contribution in [2.45, 2.75) is 33.6 Å². The Bertz CT molecular complexity index is 295. The van der Waals surface area contributed by atoms with Crippen LogP contribution in [0.3, 0.4) is 0 Å². The predicted octanol–water partition coefficient (Wildman–Crippen LogP) is 3.98. The van der Waals surface area contributed by atoms with Crippen LogP contribution in [-0.4, -0.2) is 0 Å². The predicted molar refractivity (Wildman–Crippen MR) is 59.9 cm³/mol. The van der Waals surface area contributed by atoms with Crippen LogP contribution in [0.4, 0.5) is 0 Å². The maximum absolute atomic E-state index is 2.25. The summed E-state index contributed by atoms with van der Waals surface area (Å²) in [6, 6.07) is 6.69. The van der Waals surface area contributed by atoms with Gasteiger partial charge in [-0.1, -0.05) is 49.3 Å². The monoisotopic (exact) mass is 174 g/mol. The Hall–Kier alpha value is -1.04. The molecule has 0 aliphatic carbocycles. The number of hydrogen-bond donors (Lipinski definition) is 0. The number of rotatable bonds is 3. The molecular weight excluding hydrogens is 156 g/mol. The van der Waals surface area contributed by atoms with Gasteiger partial charge in [-0.2, -0.15) is 0 Å². The van der Waals surface area contributed by atoms with E-state index in [4.69, 9.17) is 0 Å². The minimum Gasteiger partial charge on any atom is -0.0871 e. The van der Waals surface area contributed by atoms with Crippen molar-refractivity contribution in [1.82, 2.24) is 0 Å². The first-order chi connectivity index (χ1) is 6.27. The molecule has 1 aromatic rings. The molecule has 0 aromatic heterocycles. The van der Waals surface area contributed by atoms with Gasteiger partial charge in [-0.25, -0.2) is 0 Å². The highest BCUT2D eigenvalue weighted by molar-refractivity contribution is 5.54. The van der Waals surface area contributed by atoms with Gasteiger partial charge < -0.3 is 0 Å². The van der Waals surface area contributed by atoms with Gasteiger partial charge in [0.25, 0.3) is 0 Å². The van der Waals surface area contributed by atoms with Crippen molar-refractivity contribution in [3.63, 3.8) is 0 Å². The van der Waals surface area contributed by atoms with Gasteiger partial charge in [0.05, 0.1) is 0 Å². The Morgan fingerprint density at radius 1 is 1.31 bits per heavy atom. The zero-order chi connectivity index (χ0) is 9.68. The van der Waals surface area contributed by atoms with Gasteiger partial charge in [-0.15, -0.1) is 0 Å². The van der Waals surface area contributed by atoms with Crippen LogP contribution in [0.15, 0.2) is 24.3 Å². The third kappa shape index (κ3) is 2.73. The van der Waals surface area contributed by atoms with Crippen molar-refractivity contribution in [3.05, 3.63) is 41.0 Å². The quantitative estimate of drug-likeness (QED) is 0.650.